The quantitative estimate of drug-likeness (QED) is 0.659. The number of guanidine groups is 1. The molecule has 1 aromatic carbocycles. The number of nitrogens with one attached hydrogen (secondary N) is 1. The van der Waals surface area contributed by atoms with Crippen LogP contribution in [0.2, 0.25) is 0 Å². The summed E-state index contributed by atoms with van der Waals surface area (Å²) < 4.78 is 0. The minimum absolute atomic E-state index is 0.875. The van der Waals surface area contributed by atoms with Gasteiger partial charge in [0.25, 0.3) is 0 Å². The Hall–Kier alpha value is -1.92. The molecule has 5 nitrogen and oxygen atoms in total. The summed E-state index contributed by atoms with van der Waals surface area (Å²) in [4.78, 5) is 13.8. The largest absolute Gasteiger partial charge is 0.356 e. The van der Waals surface area contributed by atoms with E-state index in [1.165, 1.54) is 5.56 Å². The number of aliphatic imine (C=N–C) groups is 1. The van der Waals surface area contributed by atoms with Crippen molar-refractivity contribution in [2.24, 2.45) is 4.99 Å². The van der Waals surface area contributed by atoms with E-state index in [1.807, 2.05) is 7.05 Å². The van der Waals surface area contributed by atoms with Crippen LogP contribution in [-0.2, 0) is 13.0 Å². The van der Waals surface area contributed by atoms with Gasteiger partial charge in [0, 0.05) is 58.1 Å². The minimum Gasteiger partial charge on any atom is -0.356 e. The van der Waals surface area contributed by atoms with Gasteiger partial charge in [-0.25, -0.2) is 4.98 Å². The zero-order valence-corrected chi connectivity index (χ0v) is 15.9. The third kappa shape index (κ3) is 5.28. The van der Waals surface area contributed by atoms with Crippen molar-refractivity contribution in [2.45, 2.75) is 19.9 Å². The van der Waals surface area contributed by atoms with Crippen LogP contribution in [0.25, 0.3) is 0 Å². The summed E-state index contributed by atoms with van der Waals surface area (Å²) in [6.07, 6.45) is 0.942. The zero-order valence-electron chi connectivity index (χ0n) is 15.1. The summed E-state index contributed by atoms with van der Waals surface area (Å²) in [5.41, 5.74) is 2.55. The normalized spacial score (nSPS) is 16.2. The molecule has 0 aliphatic carbocycles. The smallest absolute Gasteiger partial charge is 0.193 e. The fourth-order valence-corrected chi connectivity index (χ4v) is 3.76. The standard InChI is InChI=1S/C19H27N5S/c1-16-22-18(15-25-16)8-9-21-19(20-2)24-12-10-23(11-13-24)14-17-6-4-3-5-7-17/h3-7,15H,8-14H2,1-2H3,(H,20,21). The molecule has 134 valence electrons. The molecule has 1 fully saturated rings. The van der Waals surface area contributed by atoms with Gasteiger partial charge in [-0.05, 0) is 12.5 Å². The molecule has 0 bridgehead atoms. The first-order valence-corrected chi connectivity index (χ1v) is 9.75. The average molecular weight is 358 g/mol. The number of nitrogens with zero attached hydrogens (tertiary/aromatic N) is 4. The highest BCUT2D eigenvalue weighted by atomic mass is 32.1. The fraction of sp³-hybridized carbons (Fsp3) is 0.474. The first kappa shape index (κ1) is 17.9. The lowest BCUT2D eigenvalue weighted by molar-refractivity contribution is 0.172. The van der Waals surface area contributed by atoms with E-state index in [2.05, 4.69) is 67.7 Å². The first-order chi connectivity index (χ1) is 12.2. The van der Waals surface area contributed by atoms with Crippen LogP contribution in [0.3, 0.4) is 0 Å². The Bertz CT molecular complexity index is 674. The molecule has 2 heterocycles. The number of hydrogen-bond acceptors (Lipinski definition) is 4. The maximum atomic E-state index is 4.51. The number of aryl methyl sites for hydroxylation is 1. The maximum absolute atomic E-state index is 4.51. The summed E-state index contributed by atoms with van der Waals surface area (Å²) in [6.45, 7) is 8.13. The van der Waals surface area contributed by atoms with E-state index >= 15 is 0 Å². The number of rotatable bonds is 5. The van der Waals surface area contributed by atoms with E-state index in [0.717, 1.165) is 62.4 Å². The van der Waals surface area contributed by atoms with E-state index in [1.54, 1.807) is 11.3 Å². The second-order valence-electron chi connectivity index (χ2n) is 6.33. The lowest BCUT2D eigenvalue weighted by atomic mass is 10.2. The molecule has 1 saturated heterocycles. The SMILES string of the molecule is CN=C(NCCc1csc(C)n1)N1CCN(Cc2ccccc2)CC1. The Morgan fingerprint density at radius 2 is 1.96 bits per heavy atom. The van der Waals surface area contributed by atoms with Crippen molar-refractivity contribution in [3.8, 4) is 0 Å². The average Bonchev–Trinajstić information content (AvgIpc) is 3.06. The number of aromatic nitrogens is 1. The van der Waals surface area contributed by atoms with Gasteiger partial charge in [-0.1, -0.05) is 30.3 Å². The van der Waals surface area contributed by atoms with Gasteiger partial charge in [0.05, 0.1) is 10.7 Å². The van der Waals surface area contributed by atoms with E-state index in [0.29, 0.717) is 0 Å². The highest BCUT2D eigenvalue weighted by molar-refractivity contribution is 7.09. The van der Waals surface area contributed by atoms with E-state index in [-0.39, 0.29) is 0 Å². The van der Waals surface area contributed by atoms with Crippen molar-refractivity contribution in [1.82, 2.24) is 20.1 Å². The Labute approximate surface area is 154 Å². The molecule has 2 aromatic rings. The van der Waals surface area contributed by atoms with Crippen molar-refractivity contribution in [2.75, 3.05) is 39.8 Å². The van der Waals surface area contributed by atoms with Crippen molar-refractivity contribution in [3.05, 3.63) is 52.0 Å². The van der Waals surface area contributed by atoms with Gasteiger partial charge in [-0.2, -0.15) is 0 Å². The Kier molecular flexibility index (Phi) is 6.42. The summed E-state index contributed by atoms with van der Waals surface area (Å²) >= 11 is 1.71. The fourth-order valence-electron chi connectivity index (χ4n) is 3.12. The topological polar surface area (TPSA) is 43.8 Å². The molecule has 25 heavy (non-hydrogen) atoms. The van der Waals surface area contributed by atoms with Gasteiger partial charge < -0.3 is 10.2 Å². The van der Waals surface area contributed by atoms with Gasteiger partial charge in [0.1, 0.15) is 0 Å². The predicted octanol–water partition coefficient (Wildman–Crippen LogP) is 2.39. The summed E-state index contributed by atoms with van der Waals surface area (Å²) in [7, 11) is 1.87. The molecule has 0 saturated carbocycles. The van der Waals surface area contributed by atoms with Crippen LogP contribution in [0.1, 0.15) is 16.3 Å². The van der Waals surface area contributed by atoms with Gasteiger partial charge in [0.15, 0.2) is 5.96 Å². The summed E-state index contributed by atoms with van der Waals surface area (Å²) in [6, 6.07) is 10.7. The van der Waals surface area contributed by atoms with Crippen LogP contribution in [0.15, 0.2) is 40.7 Å². The molecule has 0 amide bonds. The Morgan fingerprint density at radius 1 is 1.20 bits per heavy atom. The van der Waals surface area contributed by atoms with Crippen LogP contribution < -0.4 is 5.32 Å². The lowest BCUT2D eigenvalue weighted by Crippen LogP contribution is -2.52. The number of thiazole rings is 1. The number of piperazine rings is 1. The van der Waals surface area contributed by atoms with E-state index in [9.17, 15) is 0 Å². The highest BCUT2D eigenvalue weighted by Crippen LogP contribution is 2.09. The predicted molar refractivity (Wildman–Crippen MR) is 105 cm³/mol. The Morgan fingerprint density at radius 3 is 2.60 bits per heavy atom. The van der Waals surface area contributed by atoms with Gasteiger partial charge >= 0.3 is 0 Å². The first-order valence-electron chi connectivity index (χ1n) is 8.87. The molecule has 0 unspecified atom stereocenters. The van der Waals surface area contributed by atoms with Crippen LogP contribution in [0.4, 0.5) is 0 Å². The minimum atomic E-state index is 0.875. The molecule has 6 heteroatoms. The third-order valence-electron chi connectivity index (χ3n) is 4.46. The lowest BCUT2D eigenvalue weighted by Gasteiger charge is -2.36. The molecule has 3 rings (SSSR count). The monoisotopic (exact) mass is 357 g/mol. The molecule has 1 aliphatic heterocycles. The van der Waals surface area contributed by atoms with Gasteiger partial charge in [0.2, 0.25) is 0 Å². The molecule has 1 N–H and O–H groups in total. The highest BCUT2D eigenvalue weighted by Gasteiger charge is 2.19. The molecular formula is C19H27N5S. The van der Waals surface area contributed by atoms with E-state index < -0.39 is 0 Å². The van der Waals surface area contributed by atoms with Crippen LogP contribution in [-0.4, -0.2) is 60.5 Å². The molecule has 0 radical (unpaired) electrons. The van der Waals surface area contributed by atoms with Crippen LogP contribution in [0, 0.1) is 6.92 Å². The second kappa shape index (κ2) is 8.97. The van der Waals surface area contributed by atoms with Crippen molar-refractivity contribution in [1.29, 1.82) is 0 Å². The Balaban J connectivity index is 1.42. The summed E-state index contributed by atoms with van der Waals surface area (Å²) in [5, 5.41) is 6.76. The molecular weight excluding hydrogens is 330 g/mol. The molecule has 1 aliphatic rings. The molecule has 0 spiro atoms. The van der Waals surface area contributed by atoms with Crippen molar-refractivity contribution < 1.29 is 0 Å². The molecule has 1 aromatic heterocycles. The summed E-state index contributed by atoms with van der Waals surface area (Å²) in [5.74, 6) is 1.01. The van der Waals surface area contributed by atoms with Crippen molar-refractivity contribution >= 4 is 17.3 Å². The van der Waals surface area contributed by atoms with Gasteiger partial charge in [-0.15, -0.1) is 11.3 Å². The maximum Gasteiger partial charge on any atom is 0.193 e. The van der Waals surface area contributed by atoms with Crippen molar-refractivity contribution in [3.63, 3.8) is 0 Å². The number of benzene rings is 1. The zero-order chi connectivity index (χ0) is 17.5. The molecule has 0 atom stereocenters. The van der Waals surface area contributed by atoms with Gasteiger partial charge in [-0.3, -0.25) is 9.89 Å². The van der Waals surface area contributed by atoms with Crippen LogP contribution >= 0.6 is 11.3 Å². The second-order valence-corrected chi connectivity index (χ2v) is 7.39. The third-order valence-corrected chi connectivity index (χ3v) is 5.29. The van der Waals surface area contributed by atoms with E-state index in [4.69, 9.17) is 0 Å². The van der Waals surface area contributed by atoms with Crippen LogP contribution in [0.5, 0.6) is 0 Å². The number of hydrogen-bond donors (Lipinski definition) is 1.